The number of aromatic nitrogens is 1. The van der Waals surface area contributed by atoms with E-state index in [0.29, 0.717) is 65.8 Å². The van der Waals surface area contributed by atoms with Gasteiger partial charge in [0.05, 0.1) is 23.1 Å². The van der Waals surface area contributed by atoms with E-state index in [-0.39, 0.29) is 6.03 Å². The summed E-state index contributed by atoms with van der Waals surface area (Å²) in [5.74, 6) is 2.94. The van der Waals surface area contributed by atoms with Gasteiger partial charge in [-0.1, -0.05) is 0 Å². The zero-order valence-corrected chi connectivity index (χ0v) is 22.8. The number of fused-ring (bicyclic) bond motifs is 3. The Morgan fingerprint density at radius 2 is 1.85 bits per heavy atom. The van der Waals surface area contributed by atoms with Gasteiger partial charge in [0.2, 0.25) is 5.75 Å². The number of benzene rings is 2. The number of likely N-dealkylation sites (tertiary alicyclic amines) is 1. The van der Waals surface area contributed by atoms with Crippen LogP contribution >= 0.6 is 0 Å². The number of nitrogens with zero attached hydrogens (tertiary/aromatic N) is 2. The SMILES string of the molecule is CC1(O)CCN(CCCOc2cc3nccc(Oc4ccc(NC(=O)NC5CC5)cc4)c3c3c2OCCO3)CC1. The third kappa shape index (κ3) is 6.34. The van der Waals surface area contributed by atoms with Gasteiger partial charge in [-0.25, -0.2) is 4.79 Å². The van der Waals surface area contributed by atoms with Gasteiger partial charge in [0.15, 0.2) is 11.5 Å². The molecule has 3 aromatic rings. The first-order valence-corrected chi connectivity index (χ1v) is 14.1. The Morgan fingerprint density at radius 1 is 1.10 bits per heavy atom. The van der Waals surface area contributed by atoms with Crippen LogP contribution < -0.4 is 29.6 Å². The molecule has 2 aromatic carbocycles. The van der Waals surface area contributed by atoms with Gasteiger partial charge in [0, 0.05) is 43.6 Å². The Balaban J connectivity index is 1.14. The lowest BCUT2D eigenvalue weighted by Crippen LogP contribution is -2.42. The second kappa shape index (κ2) is 11.4. The lowest BCUT2D eigenvalue weighted by molar-refractivity contribution is -0.00606. The number of piperidine rings is 1. The van der Waals surface area contributed by atoms with Crippen LogP contribution in [0.2, 0.25) is 0 Å². The molecule has 40 heavy (non-hydrogen) atoms. The predicted molar refractivity (Wildman–Crippen MR) is 151 cm³/mol. The maximum Gasteiger partial charge on any atom is 0.319 e. The van der Waals surface area contributed by atoms with Gasteiger partial charge >= 0.3 is 6.03 Å². The Morgan fingerprint density at radius 3 is 2.60 bits per heavy atom. The van der Waals surface area contributed by atoms with E-state index in [2.05, 4.69) is 20.5 Å². The maximum atomic E-state index is 12.0. The number of carbonyl (C=O) groups excluding carboxylic acids is 1. The van der Waals surface area contributed by atoms with Crippen LogP contribution in [0.15, 0.2) is 42.6 Å². The number of hydrogen-bond acceptors (Lipinski definition) is 8. The summed E-state index contributed by atoms with van der Waals surface area (Å²) < 4.78 is 24.5. The lowest BCUT2D eigenvalue weighted by atomic mass is 9.94. The molecule has 2 aliphatic heterocycles. The van der Waals surface area contributed by atoms with Crippen LogP contribution in [0, 0.1) is 0 Å². The minimum Gasteiger partial charge on any atom is -0.489 e. The van der Waals surface area contributed by atoms with E-state index in [1.165, 1.54) is 0 Å². The van der Waals surface area contributed by atoms with Crippen molar-refractivity contribution in [2.24, 2.45) is 0 Å². The van der Waals surface area contributed by atoms with Crippen molar-refractivity contribution in [1.82, 2.24) is 15.2 Å². The largest absolute Gasteiger partial charge is 0.489 e. The third-order valence-electron chi connectivity index (χ3n) is 7.51. The molecule has 0 unspecified atom stereocenters. The molecular weight excluding hydrogens is 512 g/mol. The quantitative estimate of drug-likeness (QED) is 0.330. The molecule has 10 nitrogen and oxygen atoms in total. The molecule has 3 heterocycles. The first kappa shape index (κ1) is 26.5. The Bertz CT molecular complexity index is 1350. The van der Waals surface area contributed by atoms with Gasteiger partial charge < -0.3 is 39.6 Å². The molecule has 2 fully saturated rings. The van der Waals surface area contributed by atoms with Crippen molar-refractivity contribution in [3.8, 4) is 28.7 Å². The van der Waals surface area contributed by atoms with Crippen molar-refractivity contribution in [3.05, 3.63) is 42.6 Å². The maximum absolute atomic E-state index is 12.0. The third-order valence-corrected chi connectivity index (χ3v) is 7.51. The number of carbonyl (C=O) groups is 1. The Hall–Kier alpha value is -3.76. The number of pyridine rings is 1. The number of urea groups is 1. The molecule has 0 atom stereocenters. The summed E-state index contributed by atoms with van der Waals surface area (Å²) in [4.78, 5) is 18.9. The number of nitrogens with one attached hydrogen (secondary N) is 2. The lowest BCUT2D eigenvalue weighted by Gasteiger charge is -2.35. The number of anilines is 1. The van der Waals surface area contributed by atoms with Crippen molar-refractivity contribution in [3.63, 3.8) is 0 Å². The standard InChI is InChI=1S/C30H36N4O6/c1-30(36)10-14-34(15-11-30)13-2-16-37-25-19-23-26(28-27(25)38-17-18-39-28)24(9-12-31-23)40-22-7-5-21(6-8-22)33-29(35)32-20-3-4-20/h5-9,12,19-20,36H,2-4,10-11,13-18H2,1H3,(H2,32,33,35). The van der Waals surface area contributed by atoms with Crippen LogP contribution in [0.4, 0.5) is 10.5 Å². The fourth-order valence-electron chi connectivity index (χ4n) is 5.01. The molecule has 0 spiro atoms. The van der Waals surface area contributed by atoms with E-state index >= 15 is 0 Å². The van der Waals surface area contributed by atoms with Crippen molar-refractivity contribution in [2.75, 3.05) is 44.8 Å². The Labute approximate surface area is 233 Å². The highest BCUT2D eigenvalue weighted by Crippen LogP contribution is 2.48. The molecule has 3 N–H and O–H groups in total. The monoisotopic (exact) mass is 548 g/mol. The highest BCUT2D eigenvalue weighted by Gasteiger charge is 2.28. The number of hydrogen-bond donors (Lipinski definition) is 3. The summed E-state index contributed by atoms with van der Waals surface area (Å²) >= 11 is 0. The fourth-order valence-corrected chi connectivity index (χ4v) is 5.01. The van der Waals surface area contributed by atoms with Crippen LogP contribution in [0.1, 0.15) is 39.0 Å². The topological polar surface area (TPSA) is 114 Å². The molecule has 1 aliphatic carbocycles. The van der Waals surface area contributed by atoms with Gasteiger partial charge in [-0.3, -0.25) is 4.98 Å². The summed E-state index contributed by atoms with van der Waals surface area (Å²) in [5, 5.41) is 16.6. The van der Waals surface area contributed by atoms with E-state index in [1.807, 2.05) is 25.1 Å². The van der Waals surface area contributed by atoms with Gasteiger partial charge in [-0.05, 0) is 69.4 Å². The molecule has 6 rings (SSSR count). The summed E-state index contributed by atoms with van der Waals surface area (Å²) in [7, 11) is 0. The molecule has 0 bridgehead atoms. The smallest absolute Gasteiger partial charge is 0.319 e. The van der Waals surface area contributed by atoms with Crippen LogP contribution in [0.5, 0.6) is 28.7 Å². The van der Waals surface area contributed by atoms with E-state index < -0.39 is 5.60 Å². The fraction of sp³-hybridized carbons (Fsp3) is 0.467. The van der Waals surface area contributed by atoms with Gasteiger partial charge in [0.1, 0.15) is 24.7 Å². The summed E-state index contributed by atoms with van der Waals surface area (Å²) in [6.45, 7) is 6.01. The van der Waals surface area contributed by atoms with Crippen molar-refractivity contribution >= 4 is 22.6 Å². The average molecular weight is 549 g/mol. The molecular formula is C30H36N4O6. The van der Waals surface area contributed by atoms with Gasteiger partial charge in [-0.15, -0.1) is 0 Å². The van der Waals surface area contributed by atoms with E-state index in [4.69, 9.17) is 18.9 Å². The van der Waals surface area contributed by atoms with Gasteiger partial charge in [0.25, 0.3) is 0 Å². The van der Waals surface area contributed by atoms with Crippen LogP contribution in [0.25, 0.3) is 10.9 Å². The second-order valence-electron chi connectivity index (χ2n) is 11.0. The van der Waals surface area contributed by atoms with Gasteiger partial charge in [-0.2, -0.15) is 0 Å². The molecule has 10 heteroatoms. The van der Waals surface area contributed by atoms with Crippen molar-refractivity contribution < 1.29 is 28.8 Å². The van der Waals surface area contributed by atoms with Crippen molar-refractivity contribution in [2.45, 2.75) is 50.7 Å². The van der Waals surface area contributed by atoms with E-state index in [1.54, 1.807) is 24.4 Å². The summed E-state index contributed by atoms with van der Waals surface area (Å²) in [6, 6.07) is 11.0. The Kier molecular flexibility index (Phi) is 7.53. The number of ether oxygens (including phenoxy) is 4. The molecule has 0 radical (unpaired) electrons. The average Bonchev–Trinajstić information content (AvgIpc) is 3.77. The number of amides is 2. The zero-order chi connectivity index (χ0) is 27.5. The first-order valence-electron chi connectivity index (χ1n) is 14.1. The number of aliphatic hydroxyl groups is 1. The minimum atomic E-state index is -0.544. The molecule has 1 aromatic heterocycles. The van der Waals surface area contributed by atoms with E-state index in [9.17, 15) is 9.90 Å². The van der Waals surface area contributed by atoms with Crippen LogP contribution in [0.3, 0.4) is 0 Å². The highest BCUT2D eigenvalue weighted by atomic mass is 16.6. The summed E-state index contributed by atoms with van der Waals surface area (Å²) in [6.07, 6.45) is 6.23. The zero-order valence-electron chi connectivity index (χ0n) is 22.8. The molecule has 1 saturated heterocycles. The van der Waals surface area contributed by atoms with E-state index in [0.717, 1.165) is 57.1 Å². The summed E-state index contributed by atoms with van der Waals surface area (Å²) in [5.41, 5.74) is 0.830. The second-order valence-corrected chi connectivity index (χ2v) is 11.0. The molecule has 212 valence electrons. The predicted octanol–water partition coefficient (Wildman–Crippen LogP) is 4.70. The number of rotatable bonds is 9. The molecule has 1 saturated carbocycles. The molecule has 2 amide bonds. The minimum absolute atomic E-state index is 0.196. The molecule has 3 aliphatic rings. The van der Waals surface area contributed by atoms with Crippen molar-refractivity contribution in [1.29, 1.82) is 0 Å². The van der Waals surface area contributed by atoms with Crippen LogP contribution in [-0.4, -0.2) is 72.1 Å². The first-order chi connectivity index (χ1) is 19.4. The highest BCUT2D eigenvalue weighted by molar-refractivity contribution is 5.95. The van der Waals surface area contributed by atoms with Crippen LogP contribution in [-0.2, 0) is 0 Å². The normalized spacial score (nSPS) is 18.2.